The van der Waals surface area contributed by atoms with Gasteiger partial charge in [-0.3, -0.25) is 0 Å². The maximum atomic E-state index is 5.51. The maximum absolute atomic E-state index is 5.51. The predicted octanol–water partition coefficient (Wildman–Crippen LogP) is 4.51. The molecule has 0 spiro atoms. The third-order valence-corrected chi connectivity index (χ3v) is 3.16. The first-order valence-corrected chi connectivity index (χ1v) is 7.12. The molecular weight excluding hydrogens is 240 g/mol. The molecule has 0 aliphatic heterocycles. The van der Waals surface area contributed by atoms with Crippen molar-refractivity contribution in [3.05, 3.63) is 0 Å². The van der Waals surface area contributed by atoms with Crippen LogP contribution in [0, 0.1) is 64.6 Å². The molecule has 20 heavy (non-hydrogen) atoms. The monoisotopic (exact) mass is 266 g/mol. The van der Waals surface area contributed by atoms with Crippen LogP contribution < -0.4 is 0 Å². The van der Waals surface area contributed by atoms with E-state index in [1.165, 1.54) is 0 Å². The van der Waals surface area contributed by atoms with Gasteiger partial charge in [0.05, 0.1) is 5.41 Å². The van der Waals surface area contributed by atoms with Crippen molar-refractivity contribution in [2.75, 3.05) is 0 Å². The fraction of sp³-hybridized carbons (Fsp3) is 0.600. The highest BCUT2D eigenvalue weighted by Gasteiger charge is 2.24. The van der Waals surface area contributed by atoms with Gasteiger partial charge in [-0.1, -0.05) is 24.7 Å². The van der Waals surface area contributed by atoms with E-state index in [1.807, 2.05) is 27.7 Å². The van der Waals surface area contributed by atoms with Gasteiger partial charge in [0.2, 0.25) is 0 Å². The molecular formula is C20H26. The molecule has 0 nitrogen and oxygen atoms in total. The zero-order valence-electron chi connectivity index (χ0n) is 13.8. The lowest BCUT2D eigenvalue weighted by Gasteiger charge is -2.25. The maximum Gasteiger partial charge on any atom is 0.0860 e. The van der Waals surface area contributed by atoms with E-state index in [2.05, 4.69) is 55.3 Å². The van der Waals surface area contributed by atoms with Crippen molar-refractivity contribution in [3.8, 4) is 47.9 Å². The van der Waals surface area contributed by atoms with Gasteiger partial charge in [-0.25, -0.2) is 0 Å². The second-order valence-electron chi connectivity index (χ2n) is 6.01. The lowest BCUT2D eigenvalue weighted by atomic mass is 9.77. The summed E-state index contributed by atoms with van der Waals surface area (Å²) in [6.45, 7) is 12.0. The van der Waals surface area contributed by atoms with Crippen LogP contribution >= 0.6 is 0 Å². The fourth-order valence-electron chi connectivity index (χ4n) is 2.00. The number of hydrogen-bond acceptors (Lipinski definition) is 0. The van der Waals surface area contributed by atoms with Gasteiger partial charge in [0.1, 0.15) is 0 Å². The first-order valence-electron chi connectivity index (χ1n) is 7.12. The summed E-state index contributed by atoms with van der Waals surface area (Å²) in [6.07, 6.45) is 8.28. The van der Waals surface area contributed by atoms with Crippen molar-refractivity contribution < 1.29 is 0 Å². The molecule has 0 aliphatic carbocycles. The van der Waals surface area contributed by atoms with Gasteiger partial charge in [-0.05, 0) is 47.5 Å². The van der Waals surface area contributed by atoms with E-state index in [1.54, 1.807) is 0 Å². The minimum Gasteiger partial charge on any atom is -0.119 e. The first-order chi connectivity index (χ1) is 9.28. The van der Waals surface area contributed by atoms with Gasteiger partial charge in [0.25, 0.3) is 0 Å². The van der Waals surface area contributed by atoms with E-state index < -0.39 is 0 Å². The summed E-state index contributed by atoms with van der Waals surface area (Å²) in [5, 5.41) is 0. The zero-order valence-corrected chi connectivity index (χ0v) is 13.8. The van der Waals surface area contributed by atoms with E-state index in [-0.39, 0.29) is 10.8 Å². The van der Waals surface area contributed by atoms with Gasteiger partial charge in [0, 0.05) is 17.8 Å². The van der Waals surface area contributed by atoms with Gasteiger partial charge in [-0.15, -0.1) is 30.1 Å². The highest BCUT2D eigenvalue weighted by atomic mass is 14.3. The third-order valence-electron chi connectivity index (χ3n) is 3.16. The number of hydrogen-bond donors (Lipinski definition) is 0. The average molecular weight is 266 g/mol. The summed E-state index contributed by atoms with van der Waals surface area (Å²) in [6, 6.07) is 0. The van der Waals surface area contributed by atoms with Crippen molar-refractivity contribution in [1.29, 1.82) is 0 Å². The van der Waals surface area contributed by atoms with Crippen molar-refractivity contribution in [2.45, 2.75) is 60.8 Å². The van der Waals surface area contributed by atoms with Gasteiger partial charge >= 0.3 is 0 Å². The highest BCUT2D eigenvalue weighted by molar-refractivity contribution is 5.25. The molecule has 0 heterocycles. The summed E-state index contributed by atoms with van der Waals surface area (Å²) in [7, 11) is 0. The summed E-state index contributed by atoms with van der Waals surface area (Å²) < 4.78 is 0. The Balaban J connectivity index is 5.16. The summed E-state index contributed by atoms with van der Waals surface area (Å²) in [4.78, 5) is 0. The van der Waals surface area contributed by atoms with Crippen LogP contribution in [0.15, 0.2) is 0 Å². The van der Waals surface area contributed by atoms with Crippen molar-refractivity contribution in [3.63, 3.8) is 0 Å². The Hall–Kier alpha value is -1.76. The van der Waals surface area contributed by atoms with Crippen LogP contribution in [0.5, 0.6) is 0 Å². The van der Waals surface area contributed by atoms with Crippen molar-refractivity contribution in [1.82, 2.24) is 0 Å². The molecule has 0 radical (unpaired) electrons. The SMILES string of the molecule is C#CC(C)(C)C#CC(C)(CCC#CC)CC(C)C#CC. The minimum atomic E-state index is -0.378. The molecule has 0 saturated heterocycles. The smallest absolute Gasteiger partial charge is 0.0860 e. The van der Waals surface area contributed by atoms with Crippen LogP contribution in [0.1, 0.15) is 60.8 Å². The van der Waals surface area contributed by atoms with E-state index in [9.17, 15) is 0 Å². The molecule has 0 fully saturated rings. The molecule has 0 amide bonds. The molecule has 2 unspecified atom stereocenters. The molecule has 0 aromatic carbocycles. The van der Waals surface area contributed by atoms with Crippen LogP contribution in [-0.2, 0) is 0 Å². The lowest BCUT2D eigenvalue weighted by Crippen LogP contribution is -2.18. The molecule has 0 N–H and O–H groups in total. The Kier molecular flexibility index (Phi) is 7.68. The van der Waals surface area contributed by atoms with Crippen LogP contribution in [0.2, 0.25) is 0 Å². The van der Waals surface area contributed by atoms with Crippen LogP contribution in [0.25, 0.3) is 0 Å². The Morgan fingerprint density at radius 2 is 1.70 bits per heavy atom. The van der Waals surface area contributed by atoms with Crippen molar-refractivity contribution in [2.24, 2.45) is 16.7 Å². The van der Waals surface area contributed by atoms with E-state index >= 15 is 0 Å². The third kappa shape index (κ3) is 7.63. The Morgan fingerprint density at radius 1 is 1.05 bits per heavy atom. The fourth-order valence-corrected chi connectivity index (χ4v) is 2.00. The van der Waals surface area contributed by atoms with Gasteiger partial charge in [0.15, 0.2) is 0 Å². The molecule has 0 aliphatic rings. The number of terminal acetylenes is 1. The minimum absolute atomic E-state index is 0.0821. The standard InChI is InChI=1S/C20H26/c1-8-11-12-14-20(7,17-18(4)13-9-2)16-15-19(5,6)10-3/h3,18H,12,14,17H2,1-2,4-7H3. The molecule has 0 heteroatoms. The van der Waals surface area contributed by atoms with Crippen LogP contribution in [0.3, 0.4) is 0 Å². The second-order valence-corrected chi connectivity index (χ2v) is 6.01. The summed E-state index contributed by atoms with van der Waals surface area (Å²) in [5.74, 6) is 22.0. The quantitative estimate of drug-likeness (QED) is 0.657. The molecule has 0 aromatic rings. The van der Waals surface area contributed by atoms with Crippen LogP contribution in [0.4, 0.5) is 0 Å². The van der Waals surface area contributed by atoms with Crippen molar-refractivity contribution >= 4 is 0 Å². The normalized spacial score (nSPS) is 14.1. The molecule has 0 aromatic heterocycles. The van der Waals surface area contributed by atoms with E-state index in [0.717, 1.165) is 19.3 Å². The zero-order chi connectivity index (χ0) is 15.6. The first kappa shape index (κ1) is 18.2. The topological polar surface area (TPSA) is 0 Å². The molecule has 0 rings (SSSR count). The lowest BCUT2D eigenvalue weighted by molar-refractivity contribution is 0.348. The van der Waals surface area contributed by atoms with E-state index in [0.29, 0.717) is 5.92 Å². The van der Waals surface area contributed by atoms with E-state index in [4.69, 9.17) is 6.42 Å². The Labute approximate surface area is 126 Å². The number of rotatable bonds is 4. The van der Waals surface area contributed by atoms with Gasteiger partial charge < -0.3 is 0 Å². The summed E-state index contributed by atoms with van der Waals surface area (Å²) >= 11 is 0. The van der Waals surface area contributed by atoms with Gasteiger partial charge in [-0.2, -0.15) is 0 Å². The molecule has 0 saturated carbocycles. The second kappa shape index (κ2) is 8.42. The molecule has 0 bridgehead atoms. The largest absolute Gasteiger partial charge is 0.119 e. The van der Waals surface area contributed by atoms with Crippen LogP contribution in [-0.4, -0.2) is 0 Å². The molecule has 106 valence electrons. The summed E-state index contributed by atoms with van der Waals surface area (Å²) in [5.41, 5.74) is -0.460. The predicted molar refractivity (Wildman–Crippen MR) is 88.4 cm³/mol. The highest BCUT2D eigenvalue weighted by Crippen LogP contribution is 2.31. The molecule has 2 atom stereocenters. The Morgan fingerprint density at radius 3 is 2.20 bits per heavy atom. The Bertz CT molecular complexity index is 522. The average Bonchev–Trinajstić information content (AvgIpc) is 2.37.